The van der Waals surface area contributed by atoms with E-state index in [2.05, 4.69) is 114 Å². The summed E-state index contributed by atoms with van der Waals surface area (Å²) in [4.78, 5) is 0. The molecule has 0 fully saturated rings. The van der Waals surface area contributed by atoms with Gasteiger partial charge in [0.1, 0.15) is 0 Å². The van der Waals surface area contributed by atoms with E-state index in [1.807, 2.05) is 0 Å². The smallest absolute Gasteiger partial charge is 0.0323 e. The molecule has 2 aromatic rings. The summed E-state index contributed by atoms with van der Waals surface area (Å²) >= 11 is 14.1. The number of hydrogen-bond donors (Lipinski definition) is 0. The minimum absolute atomic E-state index is 1.07. The number of rotatable bonds is 2. The van der Waals surface area contributed by atoms with E-state index in [1.54, 1.807) is 0 Å². The van der Waals surface area contributed by atoms with E-state index in [0.29, 0.717) is 0 Å². The van der Waals surface area contributed by atoms with Crippen LogP contribution in [0.25, 0.3) is 12.2 Å². The molecule has 0 saturated carbocycles. The minimum atomic E-state index is 1.07. The third-order valence-electron chi connectivity index (χ3n) is 3.06. The first-order chi connectivity index (χ1) is 9.38. The first-order valence-corrected chi connectivity index (χ1v) is 9.15. The Labute approximate surface area is 153 Å². The third-order valence-corrected chi connectivity index (χ3v) is 6.75. The fourth-order valence-corrected chi connectivity index (χ4v) is 3.50. The van der Waals surface area contributed by atoms with Crippen molar-refractivity contribution in [3.8, 4) is 0 Å². The molecular weight excluding hydrogens is 512 g/mol. The van der Waals surface area contributed by atoms with Crippen LogP contribution in [-0.2, 0) is 0 Å². The molecule has 0 atom stereocenters. The first kappa shape index (κ1) is 16.5. The number of hydrogen-bond acceptors (Lipinski definition) is 0. The molecule has 0 amide bonds. The van der Waals surface area contributed by atoms with E-state index >= 15 is 0 Å². The van der Waals surface area contributed by atoms with Crippen molar-refractivity contribution < 1.29 is 0 Å². The van der Waals surface area contributed by atoms with Gasteiger partial charge in [-0.2, -0.15) is 0 Å². The van der Waals surface area contributed by atoms with Crippen LogP contribution in [-0.4, -0.2) is 0 Å². The van der Waals surface area contributed by atoms with Crippen molar-refractivity contribution in [1.29, 1.82) is 0 Å². The lowest BCUT2D eigenvalue weighted by molar-refractivity contribution is 1.39. The number of benzene rings is 2. The van der Waals surface area contributed by atoms with Gasteiger partial charge < -0.3 is 0 Å². The van der Waals surface area contributed by atoms with Crippen LogP contribution in [0.3, 0.4) is 0 Å². The maximum Gasteiger partial charge on any atom is 0.0323 e. The zero-order chi connectivity index (χ0) is 14.9. The van der Waals surface area contributed by atoms with Crippen molar-refractivity contribution >= 4 is 75.9 Å². The Morgan fingerprint density at radius 1 is 0.600 bits per heavy atom. The quantitative estimate of drug-likeness (QED) is 0.357. The summed E-state index contributed by atoms with van der Waals surface area (Å²) in [6, 6.07) is 8.49. The highest BCUT2D eigenvalue weighted by atomic mass is 79.9. The van der Waals surface area contributed by atoms with Crippen molar-refractivity contribution in [3.63, 3.8) is 0 Å². The van der Waals surface area contributed by atoms with E-state index < -0.39 is 0 Å². The highest BCUT2D eigenvalue weighted by Gasteiger charge is 2.03. The fraction of sp³-hybridized carbons (Fsp3) is 0.125. The van der Waals surface area contributed by atoms with E-state index in [-0.39, 0.29) is 0 Å². The Bertz CT molecular complexity index is 628. The fourth-order valence-electron chi connectivity index (χ4n) is 1.86. The topological polar surface area (TPSA) is 0 Å². The van der Waals surface area contributed by atoms with Crippen LogP contribution in [0.15, 0.2) is 42.2 Å². The maximum absolute atomic E-state index is 3.55. The molecule has 0 unspecified atom stereocenters. The largest absolute Gasteiger partial charge is 0.0541 e. The molecule has 0 aliphatic heterocycles. The molecule has 0 saturated heterocycles. The second kappa shape index (κ2) is 6.91. The van der Waals surface area contributed by atoms with Crippen LogP contribution in [0.4, 0.5) is 0 Å². The lowest BCUT2D eigenvalue weighted by atomic mass is 10.0. The van der Waals surface area contributed by atoms with Gasteiger partial charge in [0.2, 0.25) is 0 Å². The van der Waals surface area contributed by atoms with Crippen molar-refractivity contribution in [2.45, 2.75) is 13.8 Å². The van der Waals surface area contributed by atoms with Gasteiger partial charge in [-0.3, -0.25) is 0 Å². The molecule has 104 valence electrons. The van der Waals surface area contributed by atoms with Crippen LogP contribution >= 0.6 is 63.7 Å². The number of halogens is 4. The van der Waals surface area contributed by atoms with Gasteiger partial charge in [-0.1, -0.05) is 12.2 Å². The summed E-state index contributed by atoms with van der Waals surface area (Å²) in [6.07, 6.45) is 4.30. The van der Waals surface area contributed by atoms with Crippen LogP contribution in [0, 0.1) is 13.8 Å². The summed E-state index contributed by atoms with van der Waals surface area (Å²) in [5, 5.41) is 0. The molecule has 2 rings (SSSR count). The van der Waals surface area contributed by atoms with Gasteiger partial charge in [-0.25, -0.2) is 0 Å². The molecule has 4 heteroatoms. The molecule has 0 aliphatic rings. The molecule has 0 radical (unpaired) electrons. The Morgan fingerprint density at radius 3 is 1.25 bits per heavy atom. The second-order valence-corrected chi connectivity index (χ2v) is 8.00. The van der Waals surface area contributed by atoms with Gasteiger partial charge in [-0.15, -0.1) is 0 Å². The van der Waals surface area contributed by atoms with Gasteiger partial charge in [-0.05, 0) is 124 Å². The monoisotopic (exact) mass is 520 g/mol. The lowest BCUT2D eigenvalue weighted by Gasteiger charge is -2.06. The van der Waals surface area contributed by atoms with Crippen LogP contribution < -0.4 is 0 Å². The highest BCUT2D eigenvalue weighted by Crippen LogP contribution is 2.29. The van der Waals surface area contributed by atoms with E-state index in [1.165, 1.54) is 22.3 Å². The summed E-state index contributed by atoms with van der Waals surface area (Å²) in [7, 11) is 0. The molecule has 0 spiro atoms. The lowest BCUT2D eigenvalue weighted by Crippen LogP contribution is -1.84. The summed E-state index contributed by atoms with van der Waals surface area (Å²) in [5.41, 5.74) is 4.90. The molecule has 0 heterocycles. The molecule has 2 aromatic carbocycles. The Balaban J connectivity index is 2.39. The molecule has 0 aliphatic carbocycles. The van der Waals surface area contributed by atoms with Gasteiger partial charge in [0.05, 0.1) is 0 Å². The molecule has 20 heavy (non-hydrogen) atoms. The highest BCUT2D eigenvalue weighted by molar-refractivity contribution is 9.13. The molecule has 0 aromatic heterocycles. The SMILES string of the molecule is Cc1cc(Br)c(Br)cc1/C=C\c1cc(Br)c(Br)cc1C. The van der Waals surface area contributed by atoms with Gasteiger partial charge >= 0.3 is 0 Å². The summed E-state index contributed by atoms with van der Waals surface area (Å²) < 4.78 is 4.29. The Hall–Kier alpha value is 0.1000. The zero-order valence-corrected chi connectivity index (χ0v) is 17.3. The van der Waals surface area contributed by atoms with Crippen molar-refractivity contribution in [2.24, 2.45) is 0 Å². The Kier molecular flexibility index (Phi) is 5.69. The van der Waals surface area contributed by atoms with Crippen molar-refractivity contribution in [3.05, 3.63) is 64.4 Å². The number of aryl methyl sites for hydroxylation is 2. The predicted molar refractivity (Wildman–Crippen MR) is 102 cm³/mol. The van der Waals surface area contributed by atoms with Crippen molar-refractivity contribution in [2.75, 3.05) is 0 Å². The second-order valence-electron chi connectivity index (χ2n) is 4.58. The molecule has 0 N–H and O–H groups in total. The summed E-state index contributed by atoms with van der Waals surface area (Å²) in [6.45, 7) is 4.22. The standard InChI is InChI=1S/C16H12Br4/c1-9-5-13(17)15(19)7-11(9)3-4-12-8-16(20)14(18)6-10(12)2/h3-8H,1-2H3/b4-3-. The van der Waals surface area contributed by atoms with E-state index in [4.69, 9.17) is 0 Å². The van der Waals surface area contributed by atoms with Crippen LogP contribution in [0.5, 0.6) is 0 Å². The normalized spacial score (nSPS) is 11.3. The van der Waals surface area contributed by atoms with Crippen molar-refractivity contribution in [1.82, 2.24) is 0 Å². The van der Waals surface area contributed by atoms with Gasteiger partial charge in [0.25, 0.3) is 0 Å². The van der Waals surface area contributed by atoms with E-state index in [9.17, 15) is 0 Å². The molecule has 0 bridgehead atoms. The van der Waals surface area contributed by atoms with Crippen LogP contribution in [0.2, 0.25) is 0 Å². The Morgan fingerprint density at radius 2 is 0.900 bits per heavy atom. The van der Waals surface area contributed by atoms with Gasteiger partial charge in [0, 0.05) is 17.9 Å². The first-order valence-electron chi connectivity index (χ1n) is 5.98. The van der Waals surface area contributed by atoms with Crippen LogP contribution in [0.1, 0.15) is 22.3 Å². The third kappa shape index (κ3) is 3.85. The average molecular weight is 524 g/mol. The van der Waals surface area contributed by atoms with E-state index in [0.717, 1.165) is 17.9 Å². The average Bonchev–Trinajstić information content (AvgIpc) is 2.37. The molecular formula is C16H12Br4. The van der Waals surface area contributed by atoms with Gasteiger partial charge in [0.15, 0.2) is 0 Å². The predicted octanol–water partition coefficient (Wildman–Crippen LogP) is 7.52. The summed E-state index contributed by atoms with van der Waals surface area (Å²) in [5.74, 6) is 0. The zero-order valence-electron chi connectivity index (χ0n) is 11.0. The molecule has 0 nitrogen and oxygen atoms in total. The maximum atomic E-state index is 3.55. The minimum Gasteiger partial charge on any atom is -0.0541 e.